The zero-order valence-corrected chi connectivity index (χ0v) is 19.6. The first-order valence-electron chi connectivity index (χ1n) is 12.0. The monoisotopic (exact) mass is 423 g/mol. The van der Waals surface area contributed by atoms with Gasteiger partial charge < -0.3 is 27.8 Å². The topological polar surface area (TPSA) is 127 Å². The molecule has 0 bridgehead atoms. The van der Waals surface area contributed by atoms with Gasteiger partial charge in [-0.05, 0) is 52.1 Å². The largest absolute Gasteiger partial charge is 0.370 e. The van der Waals surface area contributed by atoms with Crippen LogP contribution in [0.25, 0.3) is 0 Å². The van der Waals surface area contributed by atoms with Gasteiger partial charge in [0.05, 0.1) is 0 Å². The molecular formula is C23H49N7. The number of rotatable bonds is 21. The zero-order valence-electron chi connectivity index (χ0n) is 19.6. The first-order valence-corrected chi connectivity index (χ1v) is 12.0. The second kappa shape index (κ2) is 21.9. The quantitative estimate of drug-likeness (QED) is 0.0837. The molecule has 0 spiro atoms. The molecule has 0 aliphatic heterocycles. The van der Waals surface area contributed by atoms with Crippen molar-refractivity contribution in [3.05, 3.63) is 12.2 Å². The Morgan fingerprint density at radius 3 is 1.63 bits per heavy atom. The van der Waals surface area contributed by atoms with Crippen molar-refractivity contribution in [2.75, 3.05) is 32.7 Å². The van der Waals surface area contributed by atoms with Gasteiger partial charge in [-0.2, -0.15) is 0 Å². The van der Waals surface area contributed by atoms with Gasteiger partial charge in [0.2, 0.25) is 0 Å². The molecule has 176 valence electrons. The fourth-order valence-corrected chi connectivity index (χ4v) is 3.13. The van der Waals surface area contributed by atoms with Crippen LogP contribution in [0.4, 0.5) is 0 Å². The van der Waals surface area contributed by atoms with Crippen molar-refractivity contribution in [1.82, 2.24) is 10.6 Å². The van der Waals surface area contributed by atoms with Crippen LogP contribution in [-0.4, -0.2) is 44.6 Å². The number of guanidine groups is 2. The lowest BCUT2D eigenvalue weighted by Crippen LogP contribution is -2.32. The Hall–Kier alpha value is -1.76. The summed E-state index contributed by atoms with van der Waals surface area (Å²) in [5.74, 6) is 0.764. The Kier molecular flexibility index (Phi) is 20.7. The molecule has 8 N–H and O–H groups in total. The molecule has 0 heterocycles. The highest BCUT2D eigenvalue weighted by molar-refractivity contribution is 5.77. The Morgan fingerprint density at radius 1 is 0.667 bits per heavy atom. The van der Waals surface area contributed by atoms with E-state index < -0.39 is 0 Å². The zero-order chi connectivity index (χ0) is 22.3. The molecule has 0 radical (unpaired) electrons. The van der Waals surface area contributed by atoms with Gasteiger partial charge in [-0.25, -0.2) is 0 Å². The van der Waals surface area contributed by atoms with E-state index in [-0.39, 0.29) is 5.96 Å². The summed E-state index contributed by atoms with van der Waals surface area (Å²) in [5.41, 5.74) is 17.6. The summed E-state index contributed by atoms with van der Waals surface area (Å²) in [5, 5.41) is 6.69. The number of nitrogens with zero attached hydrogens (tertiary/aromatic N) is 2. The molecule has 0 aliphatic carbocycles. The fraction of sp³-hybridized carbons (Fsp3) is 0.826. The molecule has 0 rings (SSSR count). The number of aliphatic imine (C=N–C) groups is 2. The molecular weight excluding hydrogens is 374 g/mol. The molecule has 0 aromatic carbocycles. The van der Waals surface area contributed by atoms with Gasteiger partial charge in [-0.1, -0.05) is 56.9 Å². The summed E-state index contributed by atoms with van der Waals surface area (Å²) in [7, 11) is 0. The molecule has 0 atom stereocenters. The van der Waals surface area contributed by atoms with Gasteiger partial charge in [-0.3, -0.25) is 9.98 Å². The number of hydrogen-bond acceptors (Lipinski definition) is 3. The average molecular weight is 424 g/mol. The molecule has 0 aromatic rings. The van der Waals surface area contributed by atoms with Gasteiger partial charge in [0, 0.05) is 19.6 Å². The SMILES string of the molecule is C=C(C)CCNC(N)=NCCCCCCCNCCCCCCCCCN=C(N)N. The van der Waals surface area contributed by atoms with Crippen molar-refractivity contribution in [3.8, 4) is 0 Å². The van der Waals surface area contributed by atoms with Crippen LogP contribution in [0.5, 0.6) is 0 Å². The first-order chi connectivity index (χ1) is 14.5. The second-order valence-electron chi connectivity index (χ2n) is 8.20. The molecule has 0 saturated heterocycles. The summed E-state index contributed by atoms with van der Waals surface area (Å²) >= 11 is 0. The van der Waals surface area contributed by atoms with E-state index in [0.29, 0.717) is 5.96 Å². The van der Waals surface area contributed by atoms with E-state index >= 15 is 0 Å². The highest BCUT2D eigenvalue weighted by Gasteiger charge is 1.95. The van der Waals surface area contributed by atoms with E-state index in [1.54, 1.807) is 0 Å². The molecule has 0 aromatic heterocycles. The van der Waals surface area contributed by atoms with Crippen LogP contribution in [0.15, 0.2) is 22.1 Å². The molecule has 0 unspecified atom stereocenters. The van der Waals surface area contributed by atoms with E-state index in [9.17, 15) is 0 Å². The van der Waals surface area contributed by atoms with Crippen LogP contribution in [-0.2, 0) is 0 Å². The lowest BCUT2D eigenvalue weighted by molar-refractivity contribution is 0.540. The van der Waals surface area contributed by atoms with Crippen LogP contribution in [0.3, 0.4) is 0 Å². The third kappa shape index (κ3) is 24.3. The minimum absolute atomic E-state index is 0.205. The van der Waals surface area contributed by atoms with Crippen LogP contribution in [0, 0.1) is 0 Å². The Morgan fingerprint density at radius 2 is 1.13 bits per heavy atom. The average Bonchev–Trinajstić information content (AvgIpc) is 2.69. The summed E-state index contributed by atoms with van der Waals surface area (Å²) in [4.78, 5) is 8.36. The van der Waals surface area contributed by atoms with E-state index in [1.807, 2.05) is 6.92 Å². The highest BCUT2D eigenvalue weighted by atomic mass is 15.1. The van der Waals surface area contributed by atoms with E-state index in [0.717, 1.165) is 57.6 Å². The van der Waals surface area contributed by atoms with Gasteiger partial charge in [0.25, 0.3) is 0 Å². The third-order valence-electron chi connectivity index (χ3n) is 4.96. The predicted octanol–water partition coefficient (Wildman–Crippen LogP) is 3.40. The Labute approximate surface area is 185 Å². The first kappa shape index (κ1) is 28.2. The maximum absolute atomic E-state index is 5.83. The summed E-state index contributed by atoms with van der Waals surface area (Å²) in [6.07, 6.45) is 16.0. The van der Waals surface area contributed by atoms with Gasteiger partial charge in [-0.15, -0.1) is 6.58 Å². The number of unbranched alkanes of at least 4 members (excludes halogenated alkanes) is 10. The van der Waals surface area contributed by atoms with Crippen molar-refractivity contribution < 1.29 is 0 Å². The minimum Gasteiger partial charge on any atom is -0.370 e. The molecule has 0 amide bonds. The minimum atomic E-state index is 0.205. The second-order valence-corrected chi connectivity index (χ2v) is 8.20. The molecule has 0 aliphatic rings. The van der Waals surface area contributed by atoms with Crippen molar-refractivity contribution >= 4 is 11.9 Å². The standard InChI is InChI=1S/C23H49N7/c1-21(2)15-20-30-23(26)29-19-14-10-6-8-12-17-27-16-11-7-4-3-5-9-13-18-28-22(24)25/h27H,1,3-20H2,2H3,(H4,24,25,28)(H3,26,29,30). The van der Waals surface area contributed by atoms with E-state index in [1.165, 1.54) is 64.2 Å². The normalized spacial score (nSPS) is 11.4. The van der Waals surface area contributed by atoms with E-state index in [2.05, 4.69) is 27.2 Å². The predicted molar refractivity (Wildman–Crippen MR) is 133 cm³/mol. The fourth-order valence-electron chi connectivity index (χ4n) is 3.13. The van der Waals surface area contributed by atoms with Crippen LogP contribution < -0.4 is 27.8 Å². The molecule has 30 heavy (non-hydrogen) atoms. The lowest BCUT2D eigenvalue weighted by atomic mass is 10.1. The van der Waals surface area contributed by atoms with Crippen molar-refractivity contribution in [3.63, 3.8) is 0 Å². The van der Waals surface area contributed by atoms with Crippen molar-refractivity contribution in [2.45, 2.75) is 90.4 Å². The van der Waals surface area contributed by atoms with Crippen molar-refractivity contribution in [2.24, 2.45) is 27.2 Å². The maximum Gasteiger partial charge on any atom is 0.188 e. The van der Waals surface area contributed by atoms with Crippen molar-refractivity contribution in [1.29, 1.82) is 0 Å². The molecule has 0 fully saturated rings. The van der Waals surface area contributed by atoms with Gasteiger partial charge in [0.1, 0.15) is 0 Å². The van der Waals surface area contributed by atoms with Crippen LogP contribution in [0.1, 0.15) is 90.4 Å². The third-order valence-corrected chi connectivity index (χ3v) is 4.96. The number of nitrogens with two attached hydrogens (primary N) is 3. The molecule has 0 saturated carbocycles. The summed E-state index contributed by atoms with van der Waals surface area (Å²) < 4.78 is 0. The van der Waals surface area contributed by atoms with Crippen LogP contribution >= 0.6 is 0 Å². The van der Waals surface area contributed by atoms with Crippen LogP contribution in [0.2, 0.25) is 0 Å². The maximum atomic E-state index is 5.83. The summed E-state index contributed by atoms with van der Waals surface area (Å²) in [6.45, 7) is 10.6. The van der Waals surface area contributed by atoms with Gasteiger partial charge in [0.15, 0.2) is 11.9 Å². The van der Waals surface area contributed by atoms with E-state index in [4.69, 9.17) is 17.2 Å². The molecule has 7 heteroatoms. The Bertz CT molecular complexity index is 456. The lowest BCUT2D eigenvalue weighted by Gasteiger charge is -2.06. The smallest absolute Gasteiger partial charge is 0.188 e. The number of hydrogen-bond donors (Lipinski definition) is 5. The molecule has 7 nitrogen and oxygen atoms in total. The highest BCUT2D eigenvalue weighted by Crippen LogP contribution is 2.07. The van der Waals surface area contributed by atoms with Gasteiger partial charge >= 0.3 is 0 Å². The number of nitrogens with one attached hydrogen (secondary N) is 2. The summed E-state index contributed by atoms with van der Waals surface area (Å²) in [6, 6.07) is 0. The Balaban J connectivity index is 3.19.